The zero-order valence-corrected chi connectivity index (χ0v) is 22.5. The maximum Gasteiger partial charge on any atom is 0.490 e. The summed E-state index contributed by atoms with van der Waals surface area (Å²) in [6.45, 7) is 12.1. The van der Waals surface area contributed by atoms with E-state index in [1.807, 2.05) is 33.8 Å². The number of hydrogen-bond acceptors (Lipinski definition) is 6. The summed E-state index contributed by atoms with van der Waals surface area (Å²) in [7, 11) is -3.80. The van der Waals surface area contributed by atoms with Crippen LogP contribution in [0.25, 0.3) is 0 Å². The average molecular weight is 559 g/mol. The Morgan fingerprint density at radius 3 is 2.11 bits per heavy atom. The van der Waals surface area contributed by atoms with Gasteiger partial charge >= 0.3 is 12.1 Å². The Morgan fingerprint density at radius 1 is 1.03 bits per heavy atom. The van der Waals surface area contributed by atoms with Gasteiger partial charge in [0.15, 0.2) is 0 Å². The number of nitrogens with one attached hydrogen (secondary N) is 2. The Hall–Kier alpha value is -3.32. The Labute approximate surface area is 220 Å². The Morgan fingerprint density at radius 2 is 1.61 bits per heavy atom. The van der Waals surface area contributed by atoms with E-state index in [0.717, 1.165) is 43.0 Å². The molecule has 1 heterocycles. The minimum Gasteiger partial charge on any atom is -0.475 e. The minimum atomic E-state index is -5.08. The van der Waals surface area contributed by atoms with Gasteiger partial charge in [-0.2, -0.15) is 13.2 Å². The van der Waals surface area contributed by atoms with Crippen molar-refractivity contribution in [1.29, 1.82) is 0 Å². The number of anilines is 2. The van der Waals surface area contributed by atoms with Crippen LogP contribution < -0.4 is 14.9 Å². The van der Waals surface area contributed by atoms with Crippen LogP contribution in [0.5, 0.6) is 0 Å². The maximum absolute atomic E-state index is 13.2. The second-order valence-electron chi connectivity index (χ2n) is 8.60. The summed E-state index contributed by atoms with van der Waals surface area (Å²) in [5, 5.41) is 10.4. The van der Waals surface area contributed by atoms with Gasteiger partial charge in [0.1, 0.15) is 0 Å². The first-order valence-corrected chi connectivity index (χ1v) is 13.5. The summed E-state index contributed by atoms with van der Waals surface area (Å²) in [5.74, 6) is -2.86. The van der Waals surface area contributed by atoms with Gasteiger partial charge in [0, 0.05) is 44.8 Å². The number of hydrogen-bond donors (Lipinski definition) is 3. The number of carbonyl (C=O) groups is 2. The third-order valence-corrected chi connectivity index (χ3v) is 7.39. The van der Waals surface area contributed by atoms with Crippen LogP contribution in [0.3, 0.4) is 0 Å². The lowest BCUT2D eigenvalue weighted by Gasteiger charge is -2.31. The number of alkyl halides is 3. The molecule has 1 amide bonds. The molecule has 3 rings (SSSR count). The first-order chi connectivity index (χ1) is 17.7. The van der Waals surface area contributed by atoms with Gasteiger partial charge < -0.3 is 20.2 Å². The summed E-state index contributed by atoms with van der Waals surface area (Å²) < 4.78 is 60.9. The molecule has 38 heavy (non-hydrogen) atoms. The van der Waals surface area contributed by atoms with Crippen molar-refractivity contribution in [3.63, 3.8) is 0 Å². The Kier molecular flexibility index (Phi) is 10.5. The first kappa shape index (κ1) is 30.9. The predicted octanol–water partition coefficient (Wildman–Crippen LogP) is 3.63. The molecule has 0 unspecified atom stereocenters. The molecule has 0 saturated carbocycles. The number of carboxylic acid groups (broad SMARTS) is 1. The summed E-state index contributed by atoms with van der Waals surface area (Å²) in [6.07, 6.45) is -5.08. The van der Waals surface area contributed by atoms with Crippen LogP contribution in [0.1, 0.15) is 35.3 Å². The lowest BCUT2D eigenvalue weighted by Crippen LogP contribution is -2.43. The van der Waals surface area contributed by atoms with Gasteiger partial charge in [0.2, 0.25) is 0 Å². The van der Waals surface area contributed by atoms with Crippen molar-refractivity contribution in [2.45, 2.75) is 38.8 Å². The third-order valence-electron chi connectivity index (χ3n) is 6.03. The summed E-state index contributed by atoms with van der Waals surface area (Å²) in [6, 6.07) is 10.4. The Balaban J connectivity index is 0.000000638. The number of carbonyl (C=O) groups excluding carboxylic acids is 1. The van der Waals surface area contributed by atoms with Gasteiger partial charge in [0.25, 0.3) is 15.9 Å². The molecule has 9 nitrogen and oxygen atoms in total. The molecule has 1 fully saturated rings. The van der Waals surface area contributed by atoms with Gasteiger partial charge in [-0.1, -0.05) is 6.07 Å². The van der Waals surface area contributed by atoms with E-state index < -0.39 is 22.2 Å². The first-order valence-electron chi connectivity index (χ1n) is 12.0. The number of aryl methyl sites for hydroxylation is 2. The quantitative estimate of drug-likeness (QED) is 0.475. The third kappa shape index (κ3) is 8.09. The standard InChI is InChI=1S/C23H32N4O3S.C2HF3O2/c1-5-26(6-2)23(28)19-8-10-22(27-13-11-24-12-14-27)21(16-19)25-31(29,30)20-9-7-17(3)18(4)15-20;3-2(4,5)1(6)7/h7-10,15-16,24-25H,5-6,11-14H2,1-4H3;(H,6,7). The summed E-state index contributed by atoms with van der Waals surface area (Å²) in [5.41, 5.74) is 3.63. The average Bonchev–Trinajstić information content (AvgIpc) is 2.86. The van der Waals surface area contributed by atoms with Gasteiger partial charge in [-0.05, 0) is 69.2 Å². The topological polar surface area (TPSA) is 119 Å². The minimum absolute atomic E-state index is 0.108. The zero-order chi connectivity index (χ0) is 28.7. The monoisotopic (exact) mass is 558 g/mol. The fourth-order valence-corrected chi connectivity index (χ4v) is 4.86. The fourth-order valence-electron chi connectivity index (χ4n) is 3.71. The zero-order valence-electron chi connectivity index (χ0n) is 21.7. The molecular weight excluding hydrogens is 525 g/mol. The molecule has 0 bridgehead atoms. The van der Waals surface area contributed by atoms with Crippen molar-refractivity contribution in [2.75, 3.05) is 48.9 Å². The number of sulfonamides is 1. The molecule has 0 aliphatic carbocycles. The predicted molar refractivity (Wildman–Crippen MR) is 139 cm³/mol. The van der Waals surface area contributed by atoms with Crippen LogP contribution in [-0.4, -0.2) is 75.7 Å². The van der Waals surface area contributed by atoms with Crippen molar-refractivity contribution < 1.29 is 36.3 Å². The van der Waals surface area contributed by atoms with Gasteiger partial charge in [-0.3, -0.25) is 9.52 Å². The van der Waals surface area contributed by atoms with E-state index in [1.54, 1.807) is 35.2 Å². The number of rotatable bonds is 7. The second-order valence-corrected chi connectivity index (χ2v) is 10.3. The second kappa shape index (κ2) is 13.0. The molecule has 2 aromatic carbocycles. The van der Waals surface area contributed by atoms with Gasteiger partial charge in [0.05, 0.1) is 16.3 Å². The smallest absolute Gasteiger partial charge is 0.475 e. The molecule has 13 heteroatoms. The maximum atomic E-state index is 13.2. The number of piperazine rings is 1. The van der Waals surface area contributed by atoms with Crippen molar-refractivity contribution in [2.24, 2.45) is 0 Å². The van der Waals surface area contributed by atoms with E-state index in [-0.39, 0.29) is 10.8 Å². The largest absolute Gasteiger partial charge is 0.490 e. The van der Waals surface area contributed by atoms with Crippen LogP contribution in [0.15, 0.2) is 41.3 Å². The summed E-state index contributed by atoms with van der Waals surface area (Å²) in [4.78, 5) is 25.9. The van der Waals surface area contributed by atoms with Crippen molar-refractivity contribution >= 4 is 33.3 Å². The van der Waals surface area contributed by atoms with E-state index in [0.29, 0.717) is 24.3 Å². The van der Waals surface area contributed by atoms with Crippen LogP contribution in [0, 0.1) is 13.8 Å². The number of benzene rings is 2. The lowest BCUT2D eigenvalue weighted by atomic mass is 10.1. The van der Waals surface area contributed by atoms with Crippen molar-refractivity contribution in [3.8, 4) is 0 Å². The molecule has 1 aliphatic rings. The normalized spacial score (nSPS) is 13.8. The molecule has 1 saturated heterocycles. The molecule has 0 aromatic heterocycles. The molecule has 1 aliphatic heterocycles. The van der Waals surface area contributed by atoms with E-state index in [9.17, 15) is 26.4 Å². The highest BCUT2D eigenvalue weighted by atomic mass is 32.2. The highest BCUT2D eigenvalue weighted by molar-refractivity contribution is 7.92. The number of carboxylic acids is 1. The van der Waals surface area contributed by atoms with Crippen LogP contribution >= 0.6 is 0 Å². The lowest BCUT2D eigenvalue weighted by molar-refractivity contribution is -0.192. The molecule has 0 atom stereocenters. The van der Waals surface area contributed by atoms with Gasteiger partial charge in [-0.15, -0.1) is 0 Å². The number of amides is 1. The fraction of sp³-hybridized carbons (Fsp3) is 0.440. The Bertz CT molecular complexity index is 1240. The van der Waals surface area contributed by atoms with Crippen molar-refractivity contribution in [1.82, 2.24) is 10.2 Å². The van der Waals surface area contributed by atoms with E-state index in [2.05, 4.69) is 14.9 Å². The van der Waals surface area contributed by atoms with Crippen LogP contribution in [0.4, 0.5) is 24.5 Å². The van der Waals surface area contributed by atoms with E-state index in [1.165, 1.54) is 0 Å². The number of halogens is 3. The molecular formula is C25H33F3N4O5S. The van der Waals surface area contributed by atoms with Crippen LogP contribution in [0.2, 0.25) is 0 Å². The molecule has 0 radical (unpaired) electrons. The number of nitrogens with zero attached hydrogens (tertiary/aromatic N) is 2. The molecule has 3 N–H and O–H groups in total. The van der Waals surface area contributed by atoms with E-state index >= 15 is 0 Å². The van der Waals surface area contributed by atoms with E-state index in [4.69, 9.17) is 9.90 Å². The van der Waals surface area contributed by atoms with Crippen molar-refractivity contribution in [3.05, 3.63) is 53.1 Å². The molecule has 0 spiro atoms. The number of aliphatic carboxylic acids is 1. The summed E-state index contributed by atoms with van der Waals surface area (Å²) >= 11 is 0. The van der Waals surface area contributed by atoms with Crippen LogP contribution in [-0.2, 0) is 14.8 Å². The molecule has 210 valence electrons. The van der Waals surface area contributed by atoms with Gasteiger partial charge in [-0.25, -0.2) is 13.2 Å². The highest BCUT2D eigenvalue weighted by Crippen LogP contribution is 2.31. The highest BCUT2D eigenvalue weighted by Gasteiger charge is 2.38. The SMILES string of the molecule is CCN(CC)C(=O)c1ccc(N2CCNCC2)c(NS(=O)(=O)c2ccc(C)c(C)c2)c1.O=C(O)C(F)(F)F. The molecule has 2 aromatic rings.